The average Bonchev–Trinajstić information content (AvgIpc) is 2.84. The molecule has 8 heteroatoms. The Morgan fingerprint density at radius 2 is 1.70 bits per heavy atom. The van der Waals surface area contributed by atoms with Crippen molar-refractivity contribution in [2.45, 2.75) is 29.7 Å². The van der Waals surface area contributed by atoms with Crippen LogP contribution in [0.2, 0.25) is 0 Å². The van der Waals surface area contributed by atoms with Gasteiger partial charge in [-0.15, -0.1) is 0 Å². The Hall–Kier alpha value is -2.48. The summed E-state index contributed by atoms with van der Waals surface area (Å²) in [4.78, 5) is 25.9. The highest BCUT2D eigenvalue weighted by Crippen LogP contribution is 2.59. The number of alkyl halides is 3. The van der Waals surface area contributed by atoms with Crippen LogP contribution in [0, 0.1) is 13.8 Å². The fourth-order valence-electron chi connectivity index (χ4n) is 3.02. The van der Waals surface area contributed by atoms with E-state index in [1.54, 1.807) is 32.0 Å². The van der Waals surface area contributed by atoms with Crippen LogP contribution in [0.4, 0.5) is 23.7 Å². The third-order valence-electron chi connectivity index (χ3n) is 4.51. The number of ether oxygens (including phenoxy) is 1. The average molecular weight is 395 g/mol. The molecule has 1 atom stereocenters. The van der Waals surface area contributed by atoms with E-state index in [0.29, 0.717) is 27.8 Å². The lowest BCUT2D eigenvalue weighted by molar-refractivity contribution is -0.169. The van der Waals surface area contributed by atoms with Crippen molar-refractivity contribution >= 4 is 29.4 Å². The quantitative estimate of drug-likeness (QED) is 0.721. The van der Waals surface area contributed by atoms with E-state index >= 15 is 0 Å². The maximum absolute atomic E-state index is 14.4. The highest BCUT2D eigenvalue weighted by molar-refractivity contribution is 8.01. The Kier molecular flexibility index (Phi) is 4.71. The molecule has 0 bridgehead atoms. The van der Waals surface area contributed by atoms with Crippen LogP contribution in [-0.4, -0.2) is 25.3 Å². The number of rotatable bonds is 2. The number of halogens is 3. The van der Waals surface area contributed by atoms with E-state index in [2.05, 4.69) is 4.74 Å². The number of anilines is 1. The van der Waals surface area contributed by atoms with Gasteiger partial charge in [0.05, 0.1) is 12.8 Å². The highest BCUT2D eigenvalue weighted by atomic mass is 32.2. The molecule has 0 saturated heterocycles. The number of carbonyl (C=O) groups is 2. The fourth-order valence-corrected chi connectivity index (χ4v) is 4.23. The number of imide groups is 1. The molecule has 0 unspecified atom stereocenters. The molecule has 1 heterocycles. The van der Waals surface area contributed by atoms with E-state index in [1.807, 2.05) is 0 Å². The van der Waals surface area contributed by atoms with Gasteiger partial charge in [0.1, 0.15) is 0 Å². The maximum Gasteiger partial charge on any atom is 0.421 e. The molecule has 0 spiro atoms. The first-order valence-corrected chi connectivity index (χ1v) is 8.80. The third kappa shape index (κ3) is 2.88. The molecule has 2 amide bonds. The van der Waals surface area contributed by atoms with Gasteiger partial charge in [-0.2, -0.15) is 13.2 Å². The number of methoxy groups -OCH3 is 1. The van der Waals surface area contributed by atoms with E-state index in [4.69, 9.17) is 0 Å². The van der Waals surface area contributed by atoms with Gasteiger partial charge >= 0.3 is 12.3 Å². The Bertz CT molecular complexity index is 914. The van der Waals surface area contributed by atoms with Gasteiger partial charge < -0.3 is 4.74 Å². The molecule has 2 aromatic carbocycles. The van der Waals surface area contributed by atoms with E-state index in [9.17, 15) is 22.8 Å². The SMILES string of the molecule is COC(=O)N1C(=O)[C@@](Sc2ccccc2)(C(F)(F)F)c2cc(C)c(C)cc21. The van der Waals surface area contributed by atoms with Crippen LogP contribution in [0.3, 0.4) is 0 Å². The number of amides is 2. The molecule has 4 nitrogen and oxygen atoms in total. The molecule has 0 fully saturated rings. The topological polar surface area (TPSA) is 46.6 Å². The second-order valence-corrected chi connectivity index (χ2v) is 7.45. The number of fused-ring (bicyclic) bond motifs is 1. The zero-order valence-electron chi connectivity index (χ0n) is 14.8. The standard InChI is InChI=1S/C19H16F3NO3S/c1-11-9-14-15(10-12(11)2)23(17(25)26-3)16(24)18(14,19(20,21)22)27-13-7-5-4-6-8-13/h4-10H,1-3H3/t18-/m1/s1. The van der Waals surface area contributed by atoms with Crippen molar-refractivity contribution in [1.29, 1.82) is 0 Å². The second-order valence-electron chi connectivity index (χ2n) is 6.16. The monoisotopic (exact) mass is 395 g/mol. The molecular formula is C19H16F3NO3S. The Balaban J connectivity index is 2.32. The van der Waals surface area contributed by atoms with Gasteiger partial charge in [-0.05, 0) is 43.2 Å². The van der Waals surface area contributed by atoms with Gasteiger partial charge in [-0.25, -0.2) is 9.69 Å². The van der Waals surface area contributed by atoms with Crippen molar-refractivity contribution in [3.63, 3.8) is 0 Å². The van der Waals surface area contributed by atoms with Crippen molar-refractivity contribution in [2.24, 2.45) is 0 Å². The zero-order valence-corrected chi connectivity index (χ0v) is 15.6. The first-order valence-electron chi connectivity index (χ1n) is 7.98. The molecule has 3 rings (SSSR count). The minimum atomic E-state index is -4.94. The van der Waals surface area contributed by atoms with Gasteiger partial charge in [-0.1, -0.05) is 36.0 Å². The molecule has 0 saturated carbocycles. The Morgan fingerprint density at radius 1 is 1.11 bits per heavy atom. The number of aryl methyl sites for hydroxylation is 2. The van der Waals surface area contributed by atoms with Crippen LogP contribution in [0.15, 0.2) is 47.4 Å². The van der Waals surface area contributed by atoms with E-state index in [0.717, 1.165) is 7.11 Å². The molecule has 0 N–H and O–H groups in total. The minimum Gasteiger partial charge on any atom is -0.452 e. The van der Waals surface area contributed by atoms with Gasteiger partial charge in [0.2, 0.25) is 4.75 Å². The number of benzene rings is 2. The zero-order chi connectivity index (χ0) is 20.0. The molecule has 0 aromatic heterocycles. The fraction of sp³-hybridized carbons (Fsp3) is 0.263. The predicted octanol–water partition coefficient (Wildman–Crippen LogP) is 4.97. The third-order valence-corrected chi connectivity index (χ3v) is 5.95. The van der Waals surface area contributed by atoms with Gasteiger partial charge in [0.15, 0.2) is 0 Å². The number of thioether (sulfide) groups is 1. The Labute approximate surface area is 158 Å². The summed E-state index contributed by atoms with van der Waals surface area (Å²) >= 11 is 0.379. The van der Waals surface area contributed by atoms with Crippen LogP contribution < -0.4 is 4.90 Å². The van der Waals surface area contributed by atoms with Crippen LogP contribution in [-0.2, 0) is 14.3 Å². The molecular weight excluding hydrogens is 379 g/mol. The lowest BCUT2D eigenvalue weighted by Crippen LogP contribution is -2.49. The molecule has 27 heavy (non-hydrogen) atoms. The first-order chi connectivity index (χ1) is 12.6. The van der Waals surface area contributed by atoms with Crippen LogP contribution in [0.5, 0.6) is 0 Å². The summed E-state index contributed by atoms with van der Waals surface area (Å²) in [7, 11) is 1.02. The lowest BCUT2D eigenvalue weighted by atomic mass is 9.95. The van der Waals surface area contributed by atoms with Crippen molar-refractivity contribution in [3.05, 3.63) is 59.2 Å². The maximum atomic E-state index is 14.4. The second kappa shape index (κ2) is 6.60. The first kappa shape index (κ1) is 19.3. The summed E-state index contributed by atoms with van der Waals surface area (Å²) in [5.74, 6) is -1.38. The Morgan fingerprint density at radius 3 is 2.26 bits per heavy atom. The van der Waals surface area contributed by atoms with Crippen molar-refractivity contribution < 1.29 is 27.5 Å². The molecule has 2 aromatic rings. The van der Waals surface area contributed by atoms with Crippen LogP contribution in [0.25, 0.3) is 0 Å². The summed E-state index contributed by atoms with van der Waals surface area (Å²) in [6.45, 7) is 3.36. The largest absolute Gasteiger partial charge is 0.452 e. The van der Waals surface area contributed by atoms with Crippen molar-refractivity contribution in [3.8, 4) is 0 Å². The molecule has 0 aliphatic carbocycles. The summed E-state index contributed by atoms with van der Waals surface area (Å²) in [5.41, 5.74) is 0.895. The summed E-state index contributed by atoms with van der Waals surface area (Å²) in [6, 6.07) is 10.6. The molecule has 142 valence electrons. The van der Waals surface area contributed by atoms with Gasteiger partial charge in [-0.3, -0.25) is 4.79 Å². The van der Waals surface area contributed by atoms with Crippen LogP contribution >= 0.6 is 11.8 Å². The normalized spacial score (nSPS) is 19.2. The van der Waals surface area contributed by atoms with E-state index in [-0.39, 0.29) is 16.1 Å². The van der Waals surface area contributed by atoms with E-state index < -0.39 is 22.9 Å². The molecule has 1 aliphatic rings. The summed E-state index contributed by atoms with van der Waals surface area (Å²) in [6.07, 6.45) is -6.09. The van der Waals surface area contributed by atoms with Crippen molar-refractivity contribution in [1.82, 2.24) is 0 Å². The summed E-state index contributed by atoms with van der Waals surface area (Å²) < 4.78 is 44.8. The van der Waals surface area contributed by atoms with Crippen LogP contribution in [0.1, 0.15) is 16.7 Å². The van der Waals surface area contributed by atoms with E-state index in [1.165, 1.54) is 24.3 Å². The number of hydrogen-bond donors (Lipinski definition) is 0. The predicted molar refractivity (Wildman–Crippen MR) is 95.8 cm³/mol. The van der Waals surface area contributed by atoms with Gasteiger partial charge in [0.25, 0.3) is 5.91 Å². The number of nitrogens with zero attached hydrogens (tertiary/aromatic N) is 1. The smallest absolute Gasteiger partial charge is 0.421 e. The van der Waals surface area contributed by atoms with Gasteiger partial charge in [0, 0.05) is 10.5 Å². The van der Waals surface area contributed by atoms with Crippen molar-refractivity contribution in [2.75, 3.05) is 12.0 Å². The highest BCUT2D eigenvalue weighted by Gasteiger charge is 2.69. The molecule has 0 radical (unpaired) electrons. The lowest BCUT2D eigenvalue weighted by Gasteiger charge is -2.30. The minimum absolute atomic E-state index is 0.101. The number of carbonyl (C=O) groups excluding carboxylic acids is 2. The summed E-state index contributed by atoms with van der Waals surface area (Å²) in [5, 5.41) is 0. The molecule has 1 aliphatic heterocycles. The number of hydrogen-bond acceptors (Lipinski definition) is 4.